The van der Waals surface area contributed by atoms with Gasteiger partial charge in [0, 0.05) is 6.54 Å². The van der Waals surface area contributed by atoms with Crippen LogP contribution in [0.1, 0.15) is 31.3 Å². The summed E-state index contributed by atoms with van der Waals surface area (Å²) in [7, 11) is 0. The first-order valence-corrected chi connectivity index (χ1v) is 7.04. The van der Waals surface area contributed by atoms with Gasteiger partial charge in [0.1, 0.15) is 0 Å². The van der Waals surface area contributed by atoms with Crippen LogP contribution < -0.4 is 10.6 Å². The number of hydrogen-bond donors (Lipinski definition) is 3. The maximum Gasteiger partial charge on any atom is 0.287 e. The van der Waals surface area contributed by atoms with Crippen LogP contribution in [0.25, 0.3) is 0 Å². The lowest BCUT2D eigenvalue weighted by molar-refractivity contribution is -0.121. The van der Waals surface area contributed by atoms with Crippen molar-refractivity contribution >= 4 is 27.7 Å². The number of halogens is 1. The molecule has 3 N–H and O–H groups in total. The van der Waals surface area contributed by atoms with Crippen molar-refractivity contribution in [2.75, 3.05) is 13.1 Å². The van der Waals surface area contributed by atoms with Gasteiger partial charge in [-0.25, -0.2) is 0 Å². The molecule has 0 aromatic carbocycles. The van der Waals surface area contributed by atoms with Crippen LogP contribution in [-0.2, 0) is 4.79 Å². The molecular weight excluding hydrogens is 328 g/mol. The van der Waals surface area contributed by atoms with E-state index in [0.29, 0.717) is 4.67 Å². The van der Waals surface area contributed by atoms with Crippen LogP contribution in [0.3, 0.4) is 0 Å². The van der Waals surface area contributed by atoms with Crippen molar-refractivity contribution in [3.8, 4) is 0 Å². The first kappa shape index (κ1) is 16.7. The summed E-state index contributed by atoms with van der Waals surface area (Å²) in [6.07, 6.45) is 0. The minimum atomic E-state index is -0.981. The van der Waals surface area contributed by atoms with Gasteiger partial charge in [0.25, 0.3) is 5.91 Å². The molecule has 7 heteroatoms. The van der Waals surface area contributed by atoms with Crippen molar-refractivity contribution in [2.24, 2.45) is 5.92 Å². The zero-order chi connectivity index (χ0) is 15.3. The molecule has 0 aliphatic heterocycles. The van der Waals surface area contributed by atoms with Crippen LogP contribution in [0.5, 0.6) is 0 Å². The second-order valence-corrected chi connectivity index (χ2v) is 5.86. The molecule has 6 nitrogen and oxygen atoms in total. The van der Waals surface area contributed by atoms with E-state index in [9.17, 15) is 14.7 Å². The molecule has 1 unspecified atom stereocenters. The highest BCUT2D eigenvalue weighted by Crippen LogP contribution is 2.14. The van der Waals surface area contributed by atoms with Gasteiger partial charge >= 0.3 is 0 Å². The Kier molecular flexibility index (Phi) is 5.76. The minimum absolute atomic E-state index is 0.0119. The molecule has 0 aliphatic carbocycles. The summed E-state index contributed by atoms with van der Waals surface area (Å²) >= 11 is 3.09. The van der Waals surface area contributed by atoms with Gasteiger partial charge in [-0.15, -0.1) is 0 Å². The van der Waals surface area contributed by atoms with Crippen molar-refractivity contribution in [1.82, 2.24) is 10.6 Å². The quantitative estimate of drug-likeness (QED) is 0.723. The van der Waals surface area contributed by atoms with Gasteiger partial charge in [0.2, 0.25) is 5.91 Å². The third-order valence-corrected chi connectivity index (χ3v) is 3.52. The molecule has 1 aromatic heterocycles. The van der Waals surface area contributed by atoms with E-state index in [0.717, 1.165) is 0 Å². The number of carbonyl (C=O) groups excluding carboxylic acids is 2. The van der Waals surface area contributed by atoms with Gasteiger partial charge in [0.05, 0.1) is 12.1 Å². The number of rotatable bonds is 6. The van der Waals surface area contributed by atoms with E-state index >= 15 is 0 Å². The Labute approximate surface area is 126 Å². The molecule has 0 fully saturated rings. The Balaban J connectivity index is 2.35. The Morgan fingerprint density at radius 1 is 1.40 bits per heavy atom. The zero-order valence-corrected chi connectivity index (χ0v) is 13.3. The molecule has 112 valence electrons. The summed E-state index contributed by atoms with van der Waals surface area (Å²) < 4.78 is 5.50. The molecule has 0 saturated heterocycles. The molecule has 1 heterocycles. The first-order chi connectivity index (χ1) is 9.22. The van der Waals surface area contributed by atoms with Gasteiger partial charge in [-0.05, 0) is 40.9 Å². The highest BCUT2D eigenvalue weighted by atomic mass is 79.9. The third kappa shape index (κ3) is 4.97. The summed E-state index contributed by atoms with van der Waals surface area (Å²) in [5.74, 6) is -0.705. The fraction of sp³-hybridized carbons (Fsp3) is 0.538. The molecule has 0 spiro atoms. The average molecular weight is 347 g/mol. The van der Waals surface area contributed by atoms with Gasteiger partial charge in [-0.1, -0.05) is 13.8 Å². The smallest absolute Gasteiger partial charge is 0.287 e. The van der Waals surface area contributed by atoms with E-state index in [-0.39, 0.29) is 30.7 Å². The number of hydrogen-bond acceptors (Lipinski definition) is 4. The number of nitrogens with one attached hydrogen (secondary N) is 2. The SMILES string of the molecule is CC(C)C(C)(O)CNC(=O)CNC(=O)c1ccc(Br)o1. The Morgan fingerprint density at radius 3 is 2.55 bits per heavy atom. The lowest BCUT2D eigenvalue weighted by Crippen LogP contribution is -2.47. The Bertz CT molecular complexity index is 482. The van der Waals surface area contributed by atoms with Crippen LogP contribution in [0.4, 0.5) is 0 Å². The molecular formula is C13H19BrN2O4. The van der Waals surface area contributed by atoms with Crippen LogP contribution in [-0.4, -0.2) is 35.6 Å². The van der Waals surface area contributed by atoms with Crippen LogP contribution in [0, 0.1) is 5.92 Å². The molecule has 1 atom stereocenters. The lowest BCUT2D eigenvalue weighted by Gasteiger charge is -2.27. The average Bonchev–Trinajstić information content (AvgIpc) is 2.80. The fourth-order valence-electron chi connectivity index (χ4n) is 1.23. The van der Waals surface area contributed by atoms with Crippen LogP contribution in [0.15, 0.2) is 21.2 Å². The van der Waals surface area contributed by atoms with Crippen molar-refractivity contribution in [1.29, 1.82) is 0 Å². The highest BCUT2D eigenvalue weighted by Gasteiger charge is 2.25. The van der Waals surface area contributed by atoms with Crippen molar-refractivity contribution in [2.45, 2.75) is 26.4 Å². The summed E-state index contributed by atoms with van der Waals surface area (Å²) in [5.41, 5.74) is -0.981. The molecule has 0 aliphatic rings. The van der Waals surface area contributed by atoms with E-state index in [1.54, 1.807) is 13.0 Å². The van der Waals surface area contributed by atoms with E-state index in [1.165, 1.54) is 6.07 Å². The zero-order valence-electron chi connectivity index (χ0n) is 11.7. The molecule has 0 radical (unpaired) electrons. The van der Waals surface area contributed by atoms with Crippen LogP contribution >= 0.6 is 15.9 Å². The molecule has 2 amide bonds. The largest absolute Gasteiger partial charge is 0.444 e. The van der Waals surface area contributed by atoms with Crippen molar-refractivity contribution in [3.05, 3.63) is 22.6 Å². The molecule has 20 heavy (non-hydrogen) atoms. The number of carbonyl (C=O) groups is 2. The van der Waals surface area contributed by atoms with E-state index in [1.807, 2.05) is 13.8 Å². The van der Waals surface area contributed by atoms with Crippen molar-refractivity contribution < 1.29 is 19.1 Å². The van der Waals surface area contributed by atoms with Gasteiger partial charge < -0.3 is 20.2 Å². The second kappa shape index (κ2) is 6.90. The molecule has 0 saturated carbocycles. The standard InChI is InChI=1S/C13H19BrN2O4/c1-8(2)13(3,19)7-16-11(17)6-15-12(18)9-4-5-10(14)20-9/h4-5,8,19H,6-7H2,1-3H3,(H,15,18)(H,16,17). The molecule has 0 bridgehead atoms. The van der Waals surface area contributed by atoms with Crippen LogP contribution in [0.2, 0.25) is 0 Å². The predicted molar refractivity (Wildman–Crippen MR) is 77.2 cm³/mol. The maximum absolute atomic E-state index is 11.6. The summed E-state index contributed by atoms with van der Waals surface area (Å²) in [6, 6.07) is 3.09. The summed E-state index contributed by atoms with van der Waals surface area (Å²) in [6.45, 7) is 5.33. The van der Waals surface area contributed by atoms with E-state index in [4.69, 9.17) is 4.42 Å². The summed E-state index contributed by atoms with van der Waals surface area (Å²) in [5, 5.41) is 15.0. The number of amides is 2. The van der Waals surface area contributed by atoms with Gasteiger partial charge in [0.15, 0.2) is 10.4 Å². The van der Waals surface area contributed by atoms with E-state index < -0.39 is 11.5 Å². The Morgan fingerprint density at radius 2 is 2.05 bits per heavy atom. The molecule has 1 rings (SSSR count). The minimum Gasteiger partial charge on any atom is -0.444 e. The van der Waals surface area contributed by atoms with E-state index in [2.05, 4.69) is 26.6 Å². The van der Waals surface area contributed by atoms with Gasteiger partial charge in [-0.2, -0.15) is 0 Å². The number of furan rings is 1. The van der Waals surface area contributed by atoms with Gasteiger partial charge in [-0.3, -0.25) is 9.59 Å². The summed E-state index contributed by atoms with van der Waals surface area (Å²) in [4.78, 5) is 23.2. The maximum atomic E-state index is 11.6. The monoisotopic (exact) mass is 346 g/mol. The topological polar surface area (TPSA) is 91.6 Å². The fourth-order valence-corrected chi connectivity index (χ4v) is 1.53. The van der Waals surface area contributed by atoms with Crippen molar-refractivity contribution in [3.63, 3.8) is 0 Å². The highest BCUT2D eigenvalue weighted by molar-refractivity contribution is 9.10. The second-order valence-electron chi connectivity index (χ2n) is 5.08. The lowest BCUT2D eigenvalue weighted by atomic mass is 9.92. The predicted octanol–water partition coefficient (Wildman–Crippen LogP) is 1.30. The first-order valence-electron chi connectivity index (χ1n) is 6.25. The third-order valence-electron chi connectivity index (χ3n) is 3.09. The normalized spacial score (nSPS) is 13.9. The Hall–Kier alpha value is -1.34. The molecule has 1 aromatic rings. The number of aliphatic hydroxyl groups is 1.